The number of nitriles is 1. The number of carbonyl (C=O) groups excluding carboxylic acids is 1. The molecular weight excluding hydrogens is 366 g/mol. The Morgan fingerprint density at radius 1 is 1.48 bits per heavy atom. The normalized spacial score (nSPS) is 16.6. The Labute approximate surface area is 171 Å². The molecule has 1 atom stereocenters. The van der Waals surface area contributed by atoms with Crippen molar-refractivity contribution in [3.8, 4) is 6.07 Å². The van der Waals surface area contributed by atoms with E-state index >= 15 is 0 Å². The molecule has 0 spiro atoms. The molecule has 2 aromatic rings. The number of rotatable bonds is 8. The van der Waals surface area contributed by atoms with E-state index in [0.29, 0.717) is 6.42 Å². The number of nitrogens with zero attached hydrogens (tertiary/aromatic N) is 3. The van der Waals surface area contributed by atoms with E-state index < -0.39 is 5.97 Å². The average molecular weight is 393 g/mol. The summed E-state index contributed by atoms with van der Waals surface area (Å²) in [6.07, 6.45) is 9.01. The second kappa shape index (κ2) is 10.0. The van der Waals surface area contributed by atoms with Gasteiger partial charge in [0.25, 0.3) is 0 Å². The van der Waals surface area contributed by atoms with E-state index in [2.05, 4.69) is 9.55 Å². The number of hydrogen-bond donors (Lipinski definition) is 0. The minimum absolute atomic E-state index is 0.0174. The van der Waals surface area contributed by atoms with Crippen LogP contribution in [0, 0.1) is 25.2 Å². The SMILES string of the molecule is Cc1cc(/C=C(/C#N)C(=O)OCCCc2cccnc2)c(C)n1CC1CCCO1. The first-order valence-corrected chi connectivity index (χ1v) is 10.0. The fraction of sp³-hybridized carbons (Fsp3) is 0.435. The summed E-state index contributed by atoms with van der Waals surface area (Å²) in [5, 5.41) is 9.43. The first kappa shape index (κ1) is 20.8. The smallest absolute Gasteiger partial charge is 0.348 e. The summed E-state index contributed by atoms with van der Waals surface area (Å²) in [4.78, 5) is 16.4. The summed E-state index contributed by atoms with van der Waals surface area (Å²) in [7, 11) is 0. The highest BCUT2D eigenvalue weighted by molar-refractivity contribution is 5.98. The molecule has 3 rings (SSSR count). The second-order valence-corrected chi connectivity index (χ2v) is 7.34. The van der Waals surface area contributed by atoms with E-state index in [-0.39, 0.29) is 18.3 Å². The Morgan fingerprint density at radius 3 is 3.03 bits per heavy atom. The largest absolute Gasteiger partial charge is 0.462 e. The van der Waals surface area contributed by atoms with Crippen molar-refractivity contribution in [2.24, 2.45) is 0 Å². The van der Waals surface area contributed by atoms with Crippen molar-refractivity contribution in [2.45, 2.75) is 52.2 Å². The van der Waals surface area contributed by atoms with Crippen LogP contribution >= 0.6 is 0 Å². The first-order chi connectivity index (χ1) is 14.1. The highest BCUT2D eigenvalue weighted by atomic mass is 16.5. The van der Waals surface area contributed by atoms with Gasteiger partial charge < -0.3 is 14.0 Å². The Bertz CT molecular complexity index is 903. The van der Waals surface area contributed by atoms with Gasteiger partial charge in [0, 0.05) is 36.9 Å². The molecule has 0 N–H and O–H groups in total. The molecule has 1 aliphatic heterocycles. The topological polar surface area (TPSA) is 77.1 Å². The van der Waals surface area contributed by atoms with Crippen molar-refractivity contribution in [1.82, 2.24) is 9.55 Å². The highest BCUT2D eigenvalue weighted by Gasteiger charge is 2.19. The number of esters is 1. The zero-order chi connectivity index (χ0) is 20.6. The van der Waals surface area contributed by atoms with E-state index in [0.717, 1.165) is 54.9 Å². The fourth-order valence-corrected chi connectivity index (χ4v) is 3.60. The minimum Gasteiger partial charge on any atom is -0.462 e. The van der Waals surface area contributed by atoms with Crippen LogP contribution in [0.3, 0.4) is 0 Å². The zero-order valence-corrected chi connectivity index (χ0v) is 17.1. The molecule has 152 valence electrons. The maximum Gasteiger partial charge on any atom is 0.348 e. The lowest BCUT2D eigenvalue weighted by molar-refractivity contribution is -0.138. The van der Waals surface area contributed by atoms with Gasteiger partial charge in [0.2, 0.25) is 0 Å². The van der Waals surface area contributed by atoms with Crippen molar-refractivity contribution >= 4 is 12.0 Å². The third-order valence-electron chi connectivity index (χ3n) is 5.23. The maximum atomic E-state index is 12.3. The molecule has 0 radical (unpaired) electrons. The Balaban J connectivity index is 1.59. The summed E-state index contributed by atoms with van der Waals surface area (Å²) in [5.74, 6) is -0.581. The minimum atomic E-state index is -0.581. The molecule has 0 amide bonds. The van der Waals surface area contributed by atoms with Gasteiger partial charge in [-0.2, -0.15) is 5.26 Å². The predicted molar refractivity (Wildman–Crippen MR) is 110 cm³/mol. The summed E-state index contributed by atoms with van der Waals surface area (Å²) >= 11 is 0. The molecule has 3 heterocycles. The van der Waals surface area contributed by atoms with Crippen LogP contribution in [-0.4, -0.2) is 34.8 Å². The standard InChI is InChI=1S/C23H27N3O3/c1-17-12-20(18(2)26(17)16-22-8-5-10-28-22)13-21(14-24)23(27)29-11-4-7-19-6-3-9-25-15-19/h3,6,9,12-13,15,22H,4-5,7-8,10-11,16H2,1-2H3/b21-13-. The molecule has 1 unspecified atom stereocenters. The van der Waals surface area contributed by atoms with Gasteiger partial charge in [-0.05, 0) is 68.9 Å². The van der Waals surface area contributed by atoms with Crippen LogP contribution in [0.15, 0.2) is 36.2 Å². The summed E-state index contributed by atoms with van der Waals surface area (Å²) < 4.78 is 13.2. The van der Waals surface area contributed by atoms with Crippen LogP contribution in [-0.2, 0) is 27.2 Å². The van der Waals surface area contributed by atoms with Gasteiger partial charge in [0.15, 0.2) is 0 Å². The molecule has 0 aromatic carbocycles. The zero-order valence-electron chi connectivity index (χ0n) is 17.1. The summed E-state index contributed by atoms with van der Waals surface area (Å²) in [5.41, 5.74) is 4.09. The molecule has 0 aliphatic carbocycles. The van der Waals surface area contributed by atoms with E-state index in [1.54, 1.807) is 18.5 Å². The van der Waals surface area contributed by atoms with E-state index in [9.17, 15) is 10.1 Å². The number of carbonyl (C=O) groups is 1. The van der Waals surface area contributed by atoms with Crippen molar-refractivity contribution in [1.29, 1.82) is 5.26 Å². The van der Waals surface area contributed by atoms with Gasteiger partial charge in [-0.15, -0.1) is 0 Å². The lowest BCUT2D eigenvalue weighted by Gasteiger charge is -2.14. The lowest BCUT2D eigenvalue weighted by atomic mass is 10.1. The van der Waals surface area contributed by atoms with Crippen LogP contribution in [0.2, 0.25) is 0 Å². The van der Waals surface area contributed by atoms with Crippen LogP contribution < -0.4 is 0 Å². The fourth-order valence-electron chi connectivity index (χ4n) is 3.60. The maximum absolute atomic E-state index is 12.3. The number of ether oxygens (including phenoxy) is 2. The monoisotopic (exact) mass is 393 g/mol. The number of aryl methyl sites for hydroxylation is 2. The third-order valence-corrected chi connectivity index (χ3v) is 5.23. The first-order valence-electron chi connectivity index (χ1n) is 10.0. The molecule has 6 heteroatoms. The van der Waals surface area contributed by atoms with E-state index in [1.165, 1.54) is 0 Å². The Hall–Kier alpha value is -2.91. The van der Waals surface area contributed by atoms with E-state index in [4.69, 9.17) is 9.47 Å². The number of hydrogen-bond acceptors (Lipinski definition) is 5. The Morgan fingerprint density at radius 2 is 2.34 bits per heavy atom. The van der Waals surface area contributed by atoms with Crippen molar-refractivity contribution in [3.05, 3.63) is 58.7 Å². The van der Waals surface area contributed by atoms with Gasteiger partial charge in [-0.25, -0.2) is 4.79 Å². The number of aromatic nitrogens is 2. The van der Waals surface area contributed by atoms with Crippen LogP contribution in [0.1, 0.15) is 41.8 Å². The van der Waals surface area contributed by atoms with Crippen LogP contribution in [0.4, 0.5) is 0 Å². The molecular formula is C23H27N3O3. The van der Waals surface area contributed by atoms with Crippen molar-refractivity contribution < 1.29 is 14.3 Å². The second-order valence-electron chi connectivity index (χ2n) is 7.34. The lowest BCUT2D eigenvalue weighted by Crippen LogP contribution is -2.16. The van der Waals surface area contributed by atoms with Gasteiger partial charge in [0.1, 0.15) is 11.6 Å². The van der Waals surface area contributed by atoms with Gasteiger partial charge in [0.05, 0.1) is 12.7 Å². The highest BCUT2D eigenvalue weighted by Crippen LogP contribution is 2.22. The van der Waals surface area contributed by atoms with Gasteiger partial charge in [-0.1, -0.05) is 6.07 Å². The molecule has 1 aliphatic rings. The third kappa shape index (κ3) is 5.55. The quantitative estimate of drug-likeness (QED) is 0.295. The van der Waals surface area contributed by atoms with Crippen LogP contribution in [0.25, 0.3) is 6.08 Å². The van der Waals surface area contributed by atoms with Crippen molar-refractivity contribution in [2.75, 3.05) is 13.2 Å². The van der Waals surface area contributed by atoms with Crippen molar-refractivity contribution in [3.63, 3.8) is 0 Å². The molecule has 6 nitrogen and oxygen atoms in total. The van der Waals surface area contributed by atoms with Gasteiger partial charge in [-0.3, -0.25) is 4.98 Å². The average Bonchev–Trinajstić information content (AvgIpc) is 3.34. The molecule has 29 heavy (non-hydrogen) atoms. The molecule has 1 saturated heterocycles. The molecule has 2 aromatic heterocycles. The summed E-state index contributed by atoms with van der Waals surface area (Å²) in [6, 6.07) is 7.85. The Kier molecular flexibility index (Phi) is 7.20. The van der Waals surface area contributed by atoms with Crippen LogP contribution in [0.5, 0.6) is 0 Å². The molecule has 0 saturated carbocycles. The molecule has 0 bridgehead atoms. The summed E-state index contributed by atoms with van der Waals surface area (Å²) in [6.45, 7) is 5.92. The number of pyridine rings is 1. The predicted octanol–water partition coefficient (Wildman–Crippen LogP) is 3.76. The van der Waals surface area contributed by atoms with Gasteiger partial charge >= 0.3 is 5.97 Å². The molecule has 1 fully saturated rings. The van der Waals surface area contributed by atoms with E-state index in [1.807, 2.05) is 38.1 Å².